The first kappa shape index (κ1) is 10.3. The molecule has 1 unspecified atom stereocenters. The molecule has 0 aromatic carbocycles. The van der Waals surface area contributed by atoms with Crippen molar-refractivity contribution in [2.45, 2.75) is 6.10 Å². The monoisotopic (exact) mass is 201 g/mol. The molecule has 3 N–H and O–H groups in total. The number of halogens is 1. The zero-order valence-electron chi connectivity index (χ0n) is 7.05. The first-order chi connectivity index (χ1) is 6.63. The number of nitrogens with two attached hydrogens (primary N) is 1. The number of nitrogens with zero attached hydrogens (tertiary/aromatic N) is 2. The number of aliphatic carboxylic acids is 1. The zero-order valence-corrected chi connectivity index (χ0v) is 7.05. The van der Waals surface area contributed by atoms with Crippen molar-refractivity contribution in [3.05, 3.63) is 18.3 Å². The van der Waals surface area contributed by atoms with Gasteiger partial charge in [-0.15, -0.1) is 0 Å². The number of aromatic nitrogens is 2. The molecule has 14 heavy (non-hydrogen) atoms. The van der Waals surface area contributed by atoms with Crippen molar-refractivity contribution in [2.75, 3.05) is 6.54 Å². The molecule has 0 fully saturated rings. The molecule has 76 valence electrons. The lowest BCUT2D eigenvalue weighted by molar-refractivity contribution is -0.144. The molecule has 1 heterocycles. The summed E-state index contributed by atoms with van der Waals surface area (Å²) in [6.45, 7) is -0.229. The van der Waals surface area contributed by atoms with Crippen LogP contribution in [0.1, 0.15) is 0 Å². The lowest BCUT2D eigenvalue weighted by Gasteiger charge is -2.10. The second kappa shape index (κ2) is 4.47. The van der Waals surface area contributed by atoms with Crippen LogP contribution in [0.25, 0.3) is 0 Å². The van der Waals surface area contributed by atoms with E-state index in [4.69, 9.17) is 15.6 Å². The Morgan fingerprint density at radius 1 is 1.71 bits per heavy atom. The molecule has 0 aliphatic carbocycles. The van der Waals surface area contributed by atoms with Gasteiger partial charge in [0.2, 0.25) is 17.9 Å². The fourth-order valence-corrected chi connectivity index (χ4v) is 0.727. The minimum atomic E-state index is -1.24. The smallest absolute Gasteiger partial charge is 0.346 e. The van der Waals surface area contributed by atoms with Gasteiger partial charge in [0.05, 0.1) is 12.4 Å². The number of carboxylic acids is 1. The van der Waals surface area contributed by atoms with Gasteiger partial charge in [-0.3, -0.25) is 4.98 Å². The Morgan fingerprint density at radius 2 is 2.43 bits per heavy atom. The summed E-state index contributed by atoms with van der Waals surface area (Å²) < 4.78 is 17.3. The molecule has 1 aromatic heterocycles. The fourth-order valence-electron chi connectivity index (χ4n) is 0.727. The third-order valence-corrected chi connectivity index (χ3v) is 1.34. The summed E-state index contributed by atoms with van der Waals surface area (Å²) in [5.74, 6) is -2.29. The number of carboxylic acid groups (broad SMARTS) is 1. The fraction of sp³-hybridized carbons (Fsp3) is 0.286. The van der Waals surface area contributed by atoms with Gasteiger partial charge in [0, 0.05) is 6.54 Å². The summed E-state index contributed by atoms with van der Waals surface area (Å²) in [6.07, 6.45) is 0.742. The molecule has 0 saturated heterocycles. The van der Waals surface area contributed by atoms with Crippen LogP contribution in [0.15, 0.2) is 12.4 Å². The van der Waals surface area contributed by atoms with Gasteiger partial charge in [-0.25, -0.2) is 4.79 Å². The number of ether oxygens (including phenoxy) is 1. The van der Waals surface area contributed by atoms with E-state index < -0.39 is 18.0 Å². The second-order valence-electron chi connectivity index (χ2n) is 2.36. The van der Waals surface area contributed by atoms with Gasteiger partial charge >= 0.3 is 5.97 Å². The molecule has 0 radical (unpaired) electrons. The molecule has 0 aliphatic heterocycles. The van der Waals surface area contributed by atoms with E-state index in [2.05, 4.69) is 9.97 Å². The van der Waals surface area contributed by atoms with Gasteiger partial charge in [0.25, 0.3) is 0 Å². The molecule has 1 aromatic rings. The van der Waals surface area contributed by atoms with Crippen LogP contribution in [0, 0.1) is 5.95 Å². The Balaban J connectivity index is 2.72. The molecule has 6 nitrogen and oxygen atoms in total. The molecule has 0 bridgehead atoms. The van der Waals surface area contributed by atoms with Crippen molar-refractivity contribution >= 4 is 5.97 Å². The maximum absolute atomic E-state index is 12.5. The van der Waals surface area contributed by atoms with E-state index in [1.807, 2.05) is 0 Å². The zero-order chi connectivity index (χ0) is 10.6. The lowest BCUT2D eigenvalue weighted by atomic mass is 10.4. The summed E-state index contributed by atoms with van der Waals surface area (Å²) in [7, 11) is 0. The van der Waals surface area contributed by atoms with Crippen LogP contribution < -0.4 is 10.5 Å². The molecular formula is C7H8FN3O3. The van der Waals surface area contributed by atoms with Crippen molar-refractivity contribution in [3.63, 3.8) is 0 Å². The van der Waals surface area contributed by atoms with Crippen molar-refractivity contribution in [3.8, 4) is 5.88 Å². The van der Waals surface area contributed by atoms with Crippen molar-refractivity contribution < 1.29 is 19.0 Å². The van der Waals surface area contributed by atoms with Gasteiger partial charge in [-0.1, -0.05) is 0 Å². The molecule has 1 atom stereocenters. The largest absolute Gasteiger partial charge is 0.478 e. The van der Waals surface area contributed by atoms with Gasteiger partial charge < -0.3 is 15.6 Å². The van der Waals surface area contributed by atoms with E-state index in [9.17, 15) is 9.18 Å². The Labute approximate surface area is 78.5 Å². The summed E-state index contributed by atoms with van der Waals surface area (Å²) in [5, 5.41) is 8.56. The van der Waals surface area contributed by atoms with Gasteiger partial charge in [-0.05, 0) is 0 Å². The summed E-state index contributed by atoms with van der Waals surface area (Å²) >= 11 is 0. The van der Waals surface area contributed by atoms with Gasteiger partial charge in [-0.2, -0.15) is 9.37 Å². The normalized spacial score (nSPS) is 12.1. The number of carbonyl (C=O) groups is 1. The SMILES string of the molecule is NCC(Oc1cncc(F)n1)C(=O)O. The average molecular weight is 201 g/mol. The van der Waals surface area contributed by atoms with Crippen LogP contribution >= 0.6 is 0 Å². The van der Waals surface area contributed by atoms with E-state index in [1.165, 1.54) is 0 Å². The highest BCUT2D eigenvalue weighted by Gasteiger charge is 2.17. The predicted molar refractivity (Wildman–Crippen MR) is 43.1 cm³/mol. The van der Waals surface area contributed by atoms with E-state index in [0.717, 1.165) is 12.4 Å². The Bertz CT molecular complexity index is 334. The standard InChI is InChI=1S/C7H8FN3O3/c8-5-2-10-3-6(11-5)14-4(1-9)7(12)13/h2-4H,1,9H2,(H,12,13). The summed E-state index contributed by atoms with van der Waals surface area (Å²) in [6, 6.07) is 0. The second-order valence-corrected chi connectivity index (χ2v) is 2.36. The van der Waals surface area contributed by atoms with E-state index in [-0.39, 0.29) is 12.4 Å². The van der Waals surface area contributed by atoms with E-state index in [0.29, 0.717) is 0 Å². The molecule has 0 amide bonds. The molecule has 0 saturated carbocycles. The van der Waals surface area contributed by atoms with Crippen molar-refractivity contribution in [1.82, 2.24) is 9.97 Å². The molecule has 0 aliphatic rings. The Morgan fingerprint density at radius 3 is 2.93 bits per heavy atom. The Kier molecular flexibility index (Phi) is 3.29. The third kappa shape index (κ3) is 2.63. The summed E-state index contributed by atoms with van der Waals surface area (Å²) in [4.78, 5) is 17.2. The van der Waals surface area contributed by atoms with Crippen LogP contribution in [-0.4, -0.2) is 33.7 Å². The molecule has 7 heteroatoms. The molecule has 0 spiro atoms. The third-order valence-electron chi connectivity index (χ3n) is 1.34. The first-order valence-electron chi connectivity index (χ1n) is 3.70. The minimum Gasteiger partial charge on any atom is -0.478 e. The lowest BCUT2D eigenvalue weighted by Crippen LogP contribution is -2.35. The van der Waals surface area contributed by atoms with E-state index in [1.54, 1.807) is 0 Å². The molecular weight excluding hydrogens is 193 g/mol. The summed E-state index contributed by atoms with van der Waals surface area (Å²) in [5.41, 5.74) is 5.11. The number of hydrogen-bond acceptors (Lipinski definition) is 5. The van der Waals surface area contributed by atoms with Crippen LogP contribution in [0.4, 0.5) is 4.39 Å². The highest BCUT2D eigenvalue weighted by atomic mass is 19.1. The van der Waals surface area contributed by atoms with Crippen molar-refractivity contribution in [2.24, 2.45) is 5.73 Å². The predicted octanol–water partition coefficient (Wildman–Crippen LogP) is -0.594. The quantitative estimate of drug-likeness (QED) is 0.675. The number of rotatable bonds is 4. The maximum atomic E-state index is 12.5. The maximum Gasteiger partial charge on any atom is 0.346 e. The van der Waals surface area contributed by atoms with Crippen LogP contribution in [-0.2, 0) is 4.79 Å². The van der Waals surface area contributed by atoms with Crippen molar-refractivity contribution in [1.29, 1.82) is 0 Å². The Hall–Kier alpha value is -1.76. The highest BCUT2D eigenvalue weighted by Crippen LogP contribution is 2.06. The van der Waals surface area contributed by atoms with E-state index >= 15 is 0 Å². The van der Waals surface area contributed by atoms with Crippen LogP contribution in [0.2, 0.25) is 0 Å². The van der Waals surface area contributed by atoms with Gasteiger partial charge in [0.1, 0.15) is 0 Å². The van der Waals surface area contributed by atoms with Gasteiger partial charge in [0.15, 0.2) is 0 Å². The number of hydrogen-bond donors (Lipinski definition) is 2. The topological polar surface area (TPSA) is 98.3 Å². The van der Waals surface area contributed by atoms with Crippen LogP contribution in [0.5, 0.6) is 5.88 Å². The minimum absolute atomic E-state index is 0.206. The molecule has 1 rings (SSSR count). The highest BCUT2D eigenvalue weighted by molar-refractivity contribution is 5.72. The van der Waals surface area contributed by atoms with Crippen LogP contribution in [0.3, 0.4) is 0 Å². The first-order valence-corrected chi connectivity index (χ1v) is 3.70. The average Bonchev–Trinajstić information content (AvgIpc) is 2.14.